The highest BCUT2D eigenvalue weighted by molar-refractivity contribution is 8.00. The van der Waals surface area contributed by atoms with E-state index in [2.05, 4.69) is 35.8 Å². The molecule has 80 valence electrons. The van der Waals surface area contributed by atoms with Crippen LogP contribution in [-0.2, 0) is 6.54 Å². The Balaban J connectivity index is 3.03. The SMILES string of the molecule is [C-]#[N+]Cc1nnc(Cl)cc1SC(C)(C)C. The van der Waals surface area contributed by atoms with E-state index in [4.69, 9.17) is 18.2 Å². The lowest BCUT2D eigenvalue weighted by molar-refractivity contribution is 0.797. The molecule has 0 aliphatic heterocycles. The van der Waals surface area contributed by atoms with Crippen molar-refractivity contribution in [1.29, 1.82) is 0 Å². The average Bonchev–Trinajstić information content (AvgIpc) is 2.07. The molecule has 0 spiro atoms. The van der Waals surface area contributed by atoms with Crippen LogP contribution in [0.15, 0.2) is 11.0 Å². The van der Waals surface area contributed by atoms with Gasteiger partial charge in [0.2, 0.25) is 0 Å². The van der Waals surface area contributed by atoms with E-state index in [0.29, 0.717) is 10.8 Å². The number of thioether (sulfide) groups is 1. The summed E-state index contributed by atoms with van der Waals surface area (Å²) >= 11 is 7.43. The molecule has 0 aliphatic carbocycles. The number of hydrogen-bond donors (Lipinski definition) is 0. The van der Waals surface area contributed by atoms with Crippen molar-refractivity contribution in [2.24, 2.45) is 0 Å². The molecule has 0 aromatic carbocycles. The van der Waals surface area contributed by atoms with Crippen molar-refractivity contribution < 1.29 is 0 Å². The van der Waals surface area contributed by atoms with Crippen LogP contribution in [0.2, 0.25) is 5.15 Å². The molecule has 1 rings (SSSR count). The maximum atomic E-state index is 6.84. The molecule has 1 heterocycles. The van der Waals surface area contributed by atoms with Crippen molar-refractivity contribution in [2.45, 2.75) is 37.0 Å². The number of halogens is 1. The largest absolute Gasteiger partial charge is 0.310 e. The first-order chi connectivity index (χ1) is 6.92. The second kappa shape index (κ2) is 4.82. The van der Waals surface area contributed by atoms with E-state index in [1.807, 2.05) is 0 Å². The van der Waals surface area contributed by atoms with Crippen LogP contribution in [0.25, 0.3) is 4.85 Å². The van der Waals surface area contributed by atoms with Gasteiger partial charge in [-0.05, 0) is 6.07 Å². The van der Waals surface area contributed by atoms with Gasteiger partial charge in [0.15, 0.2) is 10.8 Å². The molecule has 0 atom stereocenters. The fraction of sp³-hybridized carbons (Fsp3) is 0.500. The van der Waals surface area contributed by atoms with Crippen LogP contribution in [-0.4, -0.2) is 14.9 Å². The van der Waals surface area contributed by atoms with E-state index >= 15 is 0 Å². The topological polar surface area (TPSA) is 30.1 Å². The van der Waals surface area contributed by atoms with Crippen molar-refractivity contribution in [2.75, 3.05) is 0 Å². The third-order valence-corrected chi connectivity index (χ3v) is 2.82. The van der Waals surface area contributed by atoms with Gasteiger partial charge in [0.1, 0.15) is 0 Å². The molecule has 0 aliphatic rings. The van der Waals surface area contributed by atoms with E-state index in [1.165, 1.54) is 0 Å². The Labute approximate surface area is 99.1 Å². The molecule has 0 unspecified atom stereocenters. The molecule has 0 fully saturated rings. The molecular weight excluding hydrogens is 230 g/mol. The Bertz CT molecular complexity index is 393. The van der Waals surface area contributed by atoms with E-state index in [9.17, 15) is 0 Å². The minimum Gasteiger partial charge on any atom is -0.310 e. The standard InChI is InChI=1S/C10H12ClN3S/c1-10(2,3)15-8-5-9(11)14-13-7(8)6-12-4/h5H,6H2,1-3H3. The molecule has 0 bridgehead atoms. The van der Waals surface area contributed by atoms with Crippen molar-refractivity contribution in [3.05, 3.63) is 28.3 Å². The first kappa shape index (κ1) is 12.3. The van der Waals surface area contributed by atoms with Crippen molar-refractivity contribution >= 4 is 23.4 Å². The van der Waals surface area contributed by atoms with E-state index in [-0.39, 0.29) is 11.3 Å². The van der Waals surface area contributed by atoms with Crippen LogP contribution < -0.4 is 0 Å². The predicted octanol–water partition coefficient (Wildman–Crippen LogP) is 3.44. The maximum absolute atomic E-state index is 6.84. The van der Waals surface area contributed by atoms with Crippen LogP contribution in [0.5, 0.6) is 0 Å². The van der Waals surface area contributed by atoms with Crippen molar-refractivity contribution in [3.8, 4) is 0 Å². The molecule has 0 amide bonds. The smallest absolute Gasteiger partial charge is 0.259 e. The first-order valence-corrected chi connectivity index (χ1v) is 5.66. The highest BCUT2D eigenvalue weighted by Gasteiger charge is 2.17. The Morgan fingerprint density at radius 3 is 2.67 bits per heavy atom. The molecular formula is C10H12ClN3S. The van der Waals surface area contributed by atoms with Crippen LogP contribution in [0, 0.1) is 6.57 Å². The summed E-state index contributed by atoms with van der Waals surface area (Å²) in [6.45, 7) is 13.4. The number of rotatable bonds is 2. The summed E-state index contributed by atoms with van der Waals surface area (Å²) < 4.78 is 0.0726. The minimum absolute atomic E-state index is 0.0726. The predicted molar refractivity (Wildman–Crippen MR) is 63.0 cm³/mol. The van der Waals surface area contributed by atoms with Gasteiger partial charge < -0.3 is 4.85 Å². The summed E-state index contributed by atoms with van der Waals surface area (Å²) in [6.07, 6.45) is 0. The Morgan fingerprint density at radius 2 is 2.13 bits per heavy atom. The van der Waals surface area contributed by atoms with Gasteiger partial charge in [0.05, 0.1) is 0 Å². The van der Waals surface area contributed by atoms with Gasteiger partial charge in [0, 0.05) is 9.64 Å². The van der Waals surface area contributed by atoms with Crippen LogP contribution in [0.3, 0.4) is 0 Å². The van der Waals surface area contributed by atoms with Crippen LogP contribution in [0.1, 0.15) is 26.5 Å². The quantitative estimate of drug-likeness (QED) is 0.587. The summed E-state index contributed by atoms with van der Waals surface area (Å²) in [5.74, 6) is 0. The zero-order valence-electron chi connectivity index (χ0n) is 8.91. The molecule has 1 aromatic heterocycles. The maximum Gasteiger partial charge on any atom is 0.259 e. The highest BCUT2D eigenvalue weighted by Crippen LogP contribution is 2.34. The second-order valence-electron chi connectivity index (χ2n) is 4.01. The molecule has 15 heavy (non-hydrogen) atoms. The van der Waals surface area contributed by atoms with Gasteiger partial charge in [-0.25, -0.2) is 6.57 Å². The first-order valence-electron chi connectivity index (χ1n) is 4.47. The van der Waals surface area contributed by atoms with Gasteiger partial charge in [-0.1, -0.05) is 32.4 Å². The number of nitrogens with zero attached hydrogens (tertiary/aromatic N) is 3. The van der Waals surface area contributed by atoms with Crippen molar-refractivity contribution in [1.82, 2.24) is 10.2 Å². The van der Waals surface area contributed by atoms with Crippen LogP contribution >= 0.6 is 23.4 Å². The Kier molecular flexibility index (Phi) is 3.95. The summed E-state index contributed by atoms with van der Waals surface area (Å²) in [5.41, 5.74) is 0.703. The zero-order chi connectivity index (χ0) is 11.5. The molecule has 3 nitrogen and oxygen atoms in total. The fourth-order valence-electron chi connectivity index (χ4n) is 0.980. The number of hydrogen-bond acceptors (Lipinski definition) is 3. The Morgan fingerprint density at radius 1 is 1.47 bits per heavy atom. The molecule has 0 radical (unpaired) electrons. The third kappa shape index (κ3) is 4.06. The molecule has 0 saturated carbocycles. The van der Waals surface area contributed by atoms with Crippen molar-refractivity contribution in [3.63, 3.8) is 0 Å². The summed E-state index contributed by atoms with van der Waals surface area (Å²) in [6, 6.07) is 1.77. The molecule has 0 N–H and O–H groups in total. The van der Waals surface area contributed by atoms with Gasteiger partial charge >= 0.3 is 0 Å². The van der Waals surface area contributed by atoms with Gasteiger partial charge in [-0.2, -0.15) is 0 Å². The zero-order valence-corrected chi connectivity index (χ0v) is 10.5. The third-order valence-electron chi connectivity index (χ3n) is 1.45. The molecule has 1 aromatic rings. The lowest BCUT2D eigenvalue weighted by atomic mass is 10.3. The lowest BCUT2D eigenvalue weighted by Crippen LogP contribution is -2.08. The van der Waals surface area contributed by atoms with Gasteiger partial charge in [-0.15, -0.1) is 22.0 Å². The summed E-state index contributed by atoms with van der Waals surface area (Å²) in [7, 11) is 0. The lowest BCUT2D eigenvalue weighted by Gasteiger charge is -2.17. The summed E-state index contributed by atoms with van der Waals surface area (Å²) in [5, 5.41) is 8.05. The highest BCUT2D eigenvalue weighted by atomic mass is 35.5. The second-order valence-corrected chi connectivity index (χ2v) is 6.26. The van der Waals surface area contributed by atoms with Gasteiger partial charge in [-0.3, -0.25) is 0 Å². The van der Waals surface area contributed by atoms with E-state index < -0.39 is 0 Å². The normalized spacial score (nSPS) is 11.1. The summed E-state index contributed by atoms with van der Waals surface area (Å²) in [4.78, 5) is 4.26. The van der Waals surface area contributed by atoms with Crippen LogP contribution in [0.4, 0.5) is 0 Å². The number of aromatic nitrogens is 2. The monoisotopic (exact) mass is 241 g/mol. The Hall–Kier alpha value is -0.790. The molecule has 5 heteroatoms. The average molecular weight is 242 g/mol. The van der Waals surface area contributed by atoms with Gasteiger partial charge in [0.25, 0.3) is 6.54 Å². The van der Waals surface area contributed by atoms with E-state index in [0.717, 1.165) is 4.90 Å². The minimum atomic E-state index is 0.0726. The van der Waals surface area contributed by atoms with E-state index in [1.54, 1.807) is 17.8 Å². The fourth-order valence-corrected chi connectivity index (χ4v) is 2.25. The molecule has 0 saturated heterocycles.